The van der Waals surface area contributed by atoms with E-state index in [1.165, 1.54) is 0 Å². The third-order valence-electron chi connectivity index (χ3n) is 4.05. The third-order valence-corrected chi connectivity index (χ3v) is 4.05. The number of nitrogens with two attached hydrogens (primary N) is 1. The molecule has 1 aliphatic carbocycles. The summed E-state index contributed by atoms with van der Waals surface area (Å²) in [5, 5.41) is 10.2. The summed E-state index contributed by atoms with van der Waals surface area (Å²) in [7, 11) is 0. The summed E-state index contributed by atoms with van der Waals surface area (Å²) in [5.74, 6) is 0.168. The molecule has 0 aliphatic heterocycles. The van der Waals surface area contributed by atoms with Crippen LogP contribution in [0.4, 0.5) is 5.82 Å². The van der Waals surface area contributed by atoms with Crippen LogP contribution < -0.4 is 11.1 Å². The Morgan fingerprint density at radius 1 is 1.63 bits per heavy atom. The van der Waals surface area contributed by atoms with Gasteiger partial charge in [-0.25, -0.2) is 0 Å². The summed E-state index contributed by atoms with van der Waals surface area (Å²) in [6, 6.07) is 3.39. The van der Waals surface area contributed by atoms with Crippen molar-refractivity contribution < 1.29 is 9.53 Å². The molecule has 0 spiro atoms. The maximum atomic E-state index is 12.3. The van der Waals surface area contributed by atoms with Gasteiger partial charge in [0.05, 0.1) is 6.10 Å². The maximum absolute atomic E-state index is 12.3. The lowest BCUT2D eigenvalue weighted by molar-refractivity contribution is -0.166. The summed E-state index contributed by atoms with van der Waals surface area (Å²) < 4.78 is 5.60. The molecule has 1 amide bonds. The molecular formula is C13H20N4O2. The second kappa shape index (κ2) is 4.86. The molecular weight excluding hydrogens is 244 g/mol. The molecule has 2 atom stereocenters. The number of ether oxygens (including phenoxy) is 1. The normalized spacial score (nSPS) is 28.5. The first-order valence-electron chi connectivity index (χ1n) is 6.41. The summed E-state index contributed by atoms with van der Waals surface area (Å²) in [6.45, 7) is 6.46. The van der Waals surface area contributed by atoms with E-state index in [1.807, 2.05) is 20.8 Å². The van der Waals surface area contributed by atoms with E-state index in [9.17, 15) is 4.79 Å². The molecule has 0 saturated heterocycles. The molecule has 1 aliphatic rings. The van der Waals surface area contributed by atoms with E-state index in [4.69, 9.17) is 10.5 Å². The second-order valence-electron chi connectivity index (χ2n) is 5.40. The molecule has 0 radical (unpaired) electrons. The molecule has 6 nitrogen and oxygen atoms in total. The van der Waals surface area contributed by atoms with E-state index >= 15 is 0 Å². The number of nitrogens with one attached hydrogen (secondary N) is 1. The Balaban J connectivity index is 2.08. The lowest BCUT2D eigenvalue weighted by Gasteiger charge is -2.57. The van der Waals surface area contributed by atoms with Crippen molar-refractivity contribution in [2.75, 3.05) is 11.9 Å². The number of nitrogens with zero attached hydrogens (tertiary/aromatic N) is 2. The Hall–Kier alpha value is -1.53. The van der Waals surface area contributed by atoms with Crippen molar-refractivity contribution in [2.24, 2.45) is 11.1 Å². The van der Waals surface area contributed by atoms with Gasteiger partial charge in [-0.2, -0.15) is 5.10 Å². The van der Waals surface area contributed by atoms with Gasteiger partial charge in [0.1, 0.15) is 5.54 Å². The average molecular weight is 264 g/mol. The monoisotopic (exact) mass is 264 g/mol. The first-order valence-corrected chi connectivity index (χ1v) is 6.41. The Labute approximate surface area is 112 Å². The highest BCUT2D eigenvalue weighted by Gasteiger charge is 2.62. The van der Waals surface area contributed by atoms with Crippen LogP contribution in [0.25, 0.3) is 0 Å². The van der Waals surface area contributed by atoms with Crippen molar-refractivity contribution in [1.82, 2.24) is 10.2 Å². The van der Waals surface area contributed by atoms with Crippen LogP contribution in [0.3, 0.4) is 0 Å². The van der Waals surface area contributed by atoms with Crippen LogP contribution in [0.1, 0.15) is 27.2 Å². The Kier molecular flexibility index (Phi) is 3.56. The van der Waals surface area contributed by atoms with Crippen molar-refractivity contribution in [3.63, 3.8) is 0 Å². The van der Waals surface area contributed by atoms with Crippen LogP contribution in [-0.2, 0) is 9.53 Å². The molecule has 0 bridgehead atoms. The van der Waals surface area contributed by atoms with E-state index < -0.39 is 11.0 Å². The topological polar surface area (TPSA) is 90.1 Å². The standard InChI is InChI=1S/C13H20N4O2/c1-4-19-9-8-13(14,12(9,2)3)11(18)16-10-6-5-7-15-17-10/h5-7,9H,4,8,14H2,1-3H3,(H,16,17,18). The molecule has 0 aromatic carbocycles. The zero-order valence-electron chi connectivity index (χ0n) is 11.5. The molecule has 2 unspecified atom stereocenters. The Bertz CT molecular complexity index is 463. The minimum absolute atomic E-state index is 0.00936. The van der Waals surface area contributed by atoms with Crippen LogP contribution in [0, 0.1) is 5.41 Å². The molecule has 1 fully saturated rings. The van der Waals surface area contributed by atoms with Gasteiger partial charge in [-0.3, -0.25) is 4.79 Å². The van der Waals surface area contributed by atoms with Crippen LogP contribution in [0.5, 0.6) is 0 Å². The van der Waals surface area contributed by atoms with Crippen molar-refractivity contribution in [3.05, 3.63) is 18.3 Å². The molecule has 2 rings (SSSR count). The van der Waals surface area contributed by atoms with Crippen molar-refractivity contribution in [2.45, 2.75) is 38.8 Å². The van der Waals surface area contributed by atoms with Gasteiger partial charge in [0, 0.05) is 24.6 Å². The highest BCUT2D eigenvalue weighted by molar-refractivity contribution is 5.99. The van der Waals surface area contributed by atoms with Gasteiger partial charge in [-0.05, 0) is 19.1 Å². The van der Waals surface area contributed by atoms with E-state index in [0.717, 1.165) is 0 Å². The fourth-order valence-corrected chi connectivity index (χ4v) is 2.42. The van der Waals surface area contributed by atoms with E-state index in [-0.39, 0.29) is 12.0 Å². The highest BCUT2D eigenvalue weighted by Crippen LogP contribution is 2.50. The number of anilines is 1. The summed E-state index contributed by atoms with van der Waals surface area (Å²) >= 11 is 0. The fraction of sp³-hybridized carbons (Fsp3) is 0.615. The number of hydrogen-bond donors (Lipinski definition) is 2. The van der Waals surface area contributed by atoms with Crippen molar-refractivity contribution in [1.29, 1.82) is 0 Å². The van der Waals surface area contributed by atoms with Crippen LogP contribution >= 0.6 is 0 Å². The molecule has 6 heteroatoms. The molecule has 3 N–H and O–H groups in total. The minimum atomic E-state index is -0.940. The summed E-state index contributed by atoms with van der Waals surface area (Å²) in [5.41, 5.74) is 4.90. The molecule has 1 heterocycles. The molecule has 104 valence electrons. The third kappa shape index (κ3) is 2.21. The van der Waals surface area contributed by atoms with E-state index in [2.05, 4.69) is 15.5 Å². The number of carbonyl (C=O) groups is 1. The van der Waals surface area contributed by atoms with Crippen LogP contribution in [0.15, 0.2) is 18.3 Å². The Morgan fingerprint density at radius 2 is 2.37 bits per heavy atom. The molecule has 1 saturated carbocycles. The highest BCUT2D eigenvalue weighted by atomic mass is 16.5. The first-order chi connectivity index (χ1) is 8.91. The van der Waals surface area contributed by atoms with E-state index in [1.54, 1.807) is 18.3 Å². The van der Waals surface area contributed by atoms with Gasteiger partial charge in [-0.1, -0.05) is 13.8 Å². The minimum Gasteiger partial charge on any atom is -0.378 e. The summed E-state index contributed by atoms with van der Waals surface area (Å²) in [6.07, 6.45) is 2.07. The first kappa shape index (κ1) is 13.9. The van der Waals surface area contributed by atoms with Gasteiger partial charge in [0.15, 0.2) is 5.82 Å². The number of amides is 1. The Morgan fingerprint density at radius 3 is 2.89 bits per heavy atom. The molecule has 1 aromatic rings. The quantitative estimate of drug-likeness (QED) is 0.845. The van der Waals surface area contributed by atoms with Crippen LogP contribution in [0.2, 0.25) is 0 Å². The smallest absolute Gasteiger partial charge is 0.246 e. The van der Waals surface area contributed by atoms with Gasteiger partial charge < -0.3 is 15.8 Å². The SMILES string of the molecule is CCOC1CC(N)(C(=O)Nc2cccnn2)C1(C)C. The van der Waals surface area contributed by atoms with Gasteiger partial charge >= 0.3 is 0 Å². The lowest BCUT2D eigenvalue weighted by atomic mass is 9.54. The molecule has 19 heavy (non-hydrogen) atoms. The lowest BCUT2D eigenvalue weighted by Crippen LogP contribution is -2.74. The van der Waals surface area contributed by atoms with Crippen molar-refractivity contribution >= 4 is 11.7 Å². The molecule has 1 aromatic heterocycles. The number of aromatic nitrogens is 2. The van der Waals surface area contributed by atoms with Gasteiger partial charge in [0.2, 0.25) is 5.91 Å². The number of rotatable bonds is 4. The van der Waals surface area contributed by atoms with Crippen LogP contribution in [-0.4, -0.2) is 34.4 Å². The number of carbonyl (C=O) groups excluding carboxylic acids is 1. The van der Waals surface area contributed by atoms with Gasteiger partial charge in [-0.15, -0.1) is 5.10 Å². The van der Waals surface area contributed by atoms with Gasteiger partial charge in [0.25, 0.3) is 0 Å². The number of hydrogen-bond acceptors (Lipinski definition) is 5. The largest absolute Gasteiger partial charge is 0.378 e. The summed E-state index contributed by atoms with van der Waals surface area (Å²) in [4.78, 5) is 12.3. The average Bonchev–Trinajstić information content (AvgIpc) is 2.39. The zero-order chi connectivity index (χ0) is 14.1. The van der Waals surface area contributed by atoms with E-state index in [0.29, 0.717) is 18.8 Å². The predicted molar refractivity (Wildman–Crippen MR) is 71.4 cm³/mol. The predicted octanol–water partition coefficient (Wildman–Crippen LogP) is 0.948. The zero-order valence-corrected chi connectivity index (χ0v) is 11.5. The maximum Gasteiger partial charge on any atom is 0.246 e. The van der Waals surface area contributed by atoms with Crippen molar-refractivity contribution in [3.8, 4) is 0 Å². The second-order valence-corrected chi connectivity index (χ2v) is 5.40. The fourth-order valence-electron chi connectivity index (χ4n) is 2.42.